The number of hydrogen-bond donors (Lipinski definition) is 0. The average molecular weight is 229 g/mol. The Bertz CT molecular complexity index is 172. The van der Waals surface area contributed by atoms with Crippen LogP contribution in [0.5, 0.6) is 0 Å². The van der Waals surface area contributed by atoms with Gasteiger partial charge in [0.2, 0.25) is 0 Å². The molecule has 0 saturated heterocycles. The summed E-state index contributed by atoms with van der Waals surface area (Å²) >= 11 is 0. The minimum absolute atomic E-state index is 0.817. The molecule has 0 heterocycles. The van der Waals surface area contributed by atoms with Gasteiger partial charge in [0.05, 0.1) is 12.4 Å². The van der Waals surface area contributed by atoms with Gasteiger partial charge >= 0.3 is 0 Å². The SMILES string of the molecule is CC.CC.CCCCO/C(C)=C(\C)C=NC. The molecule has 0 aliphatic heterocycles. The third kappa shape index (κ3) is 15.7. The van der Waals surface area contributed by atoms with Crippen molar-refractivity contribution in [1.82, 2.24) is 0 Å². The molecule has 0 bridgehead atoms. The molecule has 2 heteroatoms. The molecule has 0 aliphatic carbocycles. The van der Waals surface area contributed by atoms with E-state index in [9.17, 15) is 0 Å². The molecule has 0 fully saturated rings. The molecule has 0 radical (unpaired) electrons. The van der Waals surface area contributed by atoms with Gasteiger partial charge in [-0.15, -0.1) is 0 Å². The number of nitrogens with zero attached hydrogens (tertiary/aromatic N) is 1. The van der Waals surface area contributed by atoms with Crippen molar-refractivity contribution in [3.8, 4) is 0 Å². The van der Waals surface area contributed by atoms with E-state index >= 15 is 0 Å². The Hall–Kier alpha value is -0.790. The molecule has 0 amide bonds. The van der Waals surface area contributed by atoms with Crippen molar-refractivity contribution in [1.29, 1.82) is 0 Å². The summed E-state index contributed by atoms with van der Waals surface area (Å²) in [6.45, 7) is 15.0. The largest absolute Gasteiger partial charge is 0.498 e. The van der Waals surface area contributed by atoms with E-state index in [2.05, 4.69) is 11.9 Å². The average Bonchev–Trinajstić information content (AvgIpc) is 2.34. The van der Waals surface area contributed by atoms with E-state index in [1.54, 1.807) is 7.05 Å². The molecule has 0 aromatic rings. The molecule has 2 nitrogen and oxygen atoms in total. The van der Waals surface area contributed by atoms with E-state index in [4.69, 9.17) is 4.74 Å². The fourth-order valence-corrected chi connectivity index (χ4v) is 0.768. The van der Waals surface area contributed by atoms with Crippen molar-refractivity contribution < 1.29 is 4.74 Å². The smallest absolute Gasteiger partial charge is 0.0973 e. The molecule has 0 N–H and O–H groups in total. The molecule has 0 unspecified atom stereocenters. The summed E-state index contributed by atoms with van der Waals surface area (Å²) < 4.78 is 5.49. The van der Waals surface area contributed by atoms with Crippen LogP contribution in [-0.2, 0) is 4.74 Å². The second-order valence-electron chi connectivity index (χ2n) is 2.83. The van der Waals surface area contributed by atoms with Gasteiger partial charge in [-0.3, -0.25) is 4.99 Å². The van der Waals surface area contributed by atoms with Crippen molar-refractivity contribution >= 4 is 6.21 Å². The summed E-state index contributed by atoms with van der Waals surface area (Å²) in [5.41, 5.74) is 1.11. The molecular formula is C14H31NO. The highest BCUT2D eigenvalue weighted by Crippen LogP contribution is 2.03. The first-order valence-electron chi connectivity index (χ1n) is 6.44. The Balaban J connectivity index is -0.000000376. The van der Waals surface area contributed by atoms with Gasteiger partial charge in [-0.25, -0.2) is 0 Å². The lowest BCUT2D eigenvalue weighted by atomic mass is 10.3. The van der Waals surface area contributed by atoms with Crippen LogP contribution in [-0.4, -0.2) is 19.9 Å². The highest BCUT2D eigenvalue weighted by atomic mass is 16.5. The van der Waals surface area contributed by atoms with Gasteiger partial charge in [0.15, 0.2) is 0 Å². The van der Waals surface area contributed by atoms with Crippen molar-refractivity contribution in [3.63, 3.8) is 0 Å². The Labute approximate surface area is 103 Å². The molecule has 0 aliphatic rings. The van der Waals surface area contributed by atoms with Gasteiger partial charge in [-0.2, -0.15) is 0 Å². The maximum absolute atomic E-state index is 5.49. The fraction of sp³-hybridized carbons (Fsp3) is 0.786. The van der Waals surface area contributed by atoms with E-state index in [1.165, 1.54) is 6.42 Å². The Morgan fingerprint density at radius 1 is 1.12 bits per heavy atom. The van der Waals surface area contributed by atoms with E-state index in [0.29, 0.717) is 0 Å². The zero-order valence-electron chi connectivity index (χ0n) is 12.6. The molecule has 0 aromatic carbocycles. The van der Waals surface area contributed by atoms with Crippen LogP contribution < -0.4 is 0 Å². The molecule has 98 valence electrons. The predicted octanol–water partition coefficient (Wildman–Crippen LogP) is 4.85. The van der Waals surface area contributed by atoms with Gasteiger partial charge < -0.3 is 4.74 Å². The normalized spacial score (nSPS) is 10.8. The summed E-state index contributed by atoms with van der Waals surface area (Å²) in [4.78, 5) is 3.92. The van der Waals surface area contributed by atoms with E-state index in [-0.39, 0.29) is 0 Å². The van der Waals surface area contributed by atoms with Crippen molar-refractivity contribution in [2.75, 3.05) is 13.7 Å². The minimum atomic E-state index is 0.817. The van der Waals surface area contributed by atoms with Crippen molar-refractivity contribution in [3.05, 3.63) is 11.3 Å². The van der Waals surface area contributed by atoms with Crippen LogP contribution in [0.2, 0.25) is 0 Å². The fourth-order valence-electron chi connectivity index (χ4n) is 0.768. The second-order valence-corrected chi connectivity index (χ2v) is 2.83. The lowest BCUT2D eigenvalue weighted by molar-refractivity contribution is 0.207. The highest BCUT2D eigenvalue weighted by molar-refractivity contribution is 5.78. The minimum Gasteiger partial charge on any atom is -0.498 e. The van der Waals surface area contributed by atoms with E-state index < -0.39 is 0 Å². The van der Waals surface area contributed by atoms with Crippen LogP contribution in [0.1, 0.15) is 61.3 Å². The lowest BCUT2D eigenvalue weighted by Gasteiger charge is -2.06. The molecule has 0 spiro atoms. The summed E-state index contributed by atoms with van der Waals surface area (Å²) in [5, 5.41) is 0. The molecule has 0 saturated carbocycles. The highest BCUT2D eigenvalue weighted by Gasteiger charge is 1.93. The number of hydrogen-bond acceptors (Lipinski definition) is 2. The number of unbranched alkanes of at least 4 members (excludes halogenated alkanes) is 1. The van der Waals surface area contributed by atoms with Gasteiger partial charge in [0.1, 0.15) is 0 Å². The topological polar surface area (TPSA) is 21.6 Å². The van der Waals surface area contributed by atoms with Crippen molar-refractivity contribution in [2.45, 2.75) is 61.3 Å². The Kier molecular flexibility index (Phi) is 25.4. The first-order chi connectivity index (χ1) is 7.72. The van der Waals surface area contributed by atoms with Crippen LogP contribution in [0.3, 0.4) is 0 Å². The number of allylic oxidation sites excluding steroid dienone is 2. The monoisotopic (exact) mass is 229 g/mol. The van der Waals surface area contributed by atoms with Gasteiger partial charge in [-0.1, -0.05) is 41.0 Å². The van der Waals surface area contributed by atoms with Gasteiger partial charge in [0, 0.05) is 18.8 Å². The quantitative estimate of drug-likeness (QED) is 0.375. The summed E-state index contributed by atoms with van der Waals surface area (Å²) in [7, 11) is 1.77. The Morgan fingerprint density at radius 3 is 2.00 bits per heavy atom. The summed E-state index contributed by atoms with van der Waals surface area (Å²) in [5.74, 6) is 0.981. The van der Waals surface area contributed by atoms with Crippen LogP contribution in [0, 0.1) is 0 Å². The number of aliphatic imine (C=N–C) groups is 1. The maximum atomic E-state index is 5.49. The first-order valence-corrected chi connectivity index (χ1v) is 6.44. The first kappa shape index (κ1) is 20.6. The third-order valence-electron chi connectivity index (χ3n) is 1.69. The molecule has 16 heavy (non-hydrogen) atoms. The van der Waals surface area contributed by atoms with Gasteiger partial charge in [-0.05, 0) is 20.3 Å². The molecule has 0 atom stereocenters. The van der Waals surface area contributed by atoms with Crippen LogP contribution in [0.15, 0.2) is 16.3 Å². The maximum Gasteiger partial charge on any atom is 0.0973 e. The zero-order chi connectivity index (χ0) is 13.4. The van der Waals surface area contributed by atoms with Crippen LogP contribution in [0.25, 0.3) is 0 Å². The van der Waals surface area contributed by atoms with Crippen LogP contribution >= 0.6 is 0 Å². The standard InChI is InChI=1S/C10H19NO.2C2H6/c1-5-6-7-12-10(3)9(2)8-11-4;2*1-2/h8H,5-7H2,1-4H3;2*1-2H3/b10-9+,11-8?;;. The van der Waals surface area contributed by atoms with Crippen molar-refractivity contribution in [2.24, 2.45) is 4.99 Å². The van der Waals surface area contributed by atoms with Gasteiger partial charge in [0.25, 0.3) is 0 Å². The Morgan fingerprint density at radius 2 is 1.62 bits per heavy atom. The molecule has 0 aromatic heterocycles. The van der Waals surface area contributed by atoms with E-state index in [0.717, 1.165) is 24.4 Å². The van der Waals surface area contributed by atoms with E-state index in [1.807, 2.05) is 47.8 Å². The summed E-state index contributed by atoms with van der Waals surface area (Å²) in [6.07, 6.45) is 4.11. The predicted molar refractivity (Wildman–Crippen MR) is 76.3 cm³/mol. The number of ether oxygens (including phenoxy) is 1. The summed E-state index contributed by atoms with van der Waals surface area (Å²) in [6, 6.07) is 0. The zero-order valence-corrected chi connectivity index (χ0v) is 12.6. The third-order valence-corrected chi connectivity index (χ3v) is 1.69. The number of rotatable bonds is 5. The second kappa shape index (κ2) is 19.7. The molecular weight excluding hydrogens is 198 g/mol. The lowest BCUT2D eigenvalue weighted by Crippen LogP contribution is -1.95. The molecule has 0 rings (SSSR count). The van der Waals surface area contributed by atoms with Crippen LogP contribution in [0.4, 0.5) is 0 Å².